The smallest absolute Gasteiger partial charge is 0.335 e. The summed E-state index contributed by atoms with van der Waals surface area (Å²) in [5, 5.41) is 8.95. The number of Topliss-reactive ketones (excluding diaryl/α,β-unsaturated/α-hetero) is 1. The highest BCUT2D eigenvalue weighted by atomic mass is 16.4. The first-order valence-corrected chi connectivity index (χ1v) is 5.64. The Morgan fingerprint density at radius 1 is 1.24 bits per heavy atom. The zero-order valence-electron chi connectivity index (χ0n) is 10.5. The van der Waals surface area contributed by atoms with Crippen molar-refractivity contribution < 1.29 is 14.7 Å². The average Bonchev–Trinajstić information content (AvgIpc) is 2.31. The van der Waals surface area contributed by atoms with Crippen molar-refractivity contribution in [2.45, 2.75) is 27.2 Å². The van der Waals surface area contributed by atoms with Gasteiger partial charge in [-0.2, -0.15) is 0 Å². The summed E-state index contributed by atoms with van der Waals surface area (Å²) in [7, 11) is 0. The Morgan fingerprint density at radius 2 is 1.76 bits per heavy atom. The Bertz CT molecular complexity index is 367. The molecule has 0 spiro atoms. The van der Waals surface area contributed by atoms with E-state index in [2.05, 4.69) is 0 Å². The molecule has 1 aromatic carbocycles. The lowest BCUT2D eigenvalue weighted by molar-refractivity contribution is 0.0695. The molecule has 0 atom stereocenters. The van der Waals surface area contributed by atoms with Gasteiger partial charge >= 0.3 is 5.97 Å². The van der Waals surface area contributed by atoms with Crippen molar-refractivity contribution in [3.63, 3.8) is 0 Å². The second-order valence-electron chi connectivity index (χ2n) is 3.23. The van der Waals surface area contributed by atoms with Gasteiger partial charge in [0.2, 0.25) is 0 Å². The van der Waals surface area contributed by atoms with E-state index in [9.17, 15) is 9.59 Å². The maximum Gasteiger partial charge on any atom is 0.335 e. The van der Waals surface area contributed by atoms with E-state index in [0.717, 1.165) is 0 Å². The number of hydrogen-bond acceptors (Lipinski definition) is 3. The lowest BCUT2D eigenvalue weighted by Crippen LogP contribution is -2.13. The van der Waals surface area contributed by atoms with Gasteiger partial charge in [0.25, 0.3) is 0 Å². The van der Waals surface area contributed by atoms with Gasteiger partial charge in [0.15, 0.2) is 5.78 Å². The Kier molecular flexibility index (Phi) is 6.82. The SMILES string of the molecule is CC.CC(=O)c1cccc(C(=O)O)c1CCN. The van der Waals surface area contributed by atoms with Crippen molar-refractivity contribution in [2.24, 2.45) is 5.73 Å². The predicted molar refractivity (Wildman–Crippen MR) is 67.5 cm³/mol. The number of hydrogen-bond donors (Lipinski definition) is 2. The number of carbonyl (C=O) groups is 2. The Hall–Kier alpha value is -1.68. The van der Waals surface area contributed by atoms with Gasteiger partial charge in [-0.3, -0.25) is 4.79 Å². The third-order valence-corrected chi connectivity index (χ3v) is 2.18. The molecule has 0 saturated carbocycles. The zero-order chi connectivity index (χ0) is 13.4. The minimum Gasteiger partial charge on any atom is -0.478 e. The van der Waals surface area contributed by atoms with Crippen LogP contribution in [0.25, 0.3) is 0 Å². The van der Waals surface area contributed by atoms with Crippen molar-refractivity contribution in [1.29, 1.82) is 0 Å². The molecular weight excluding hydrogens is 218 g/mol. The summed E-state index contributed by atoms with van der Waals surface area (Å²) in [5.74, 6) is -1.16. The van der Waals surface area contributed by atoms with Crippen LogP contribution in [0, 0.1) is 0 Å². The third kappa shape index (κ3) is 4.00. The summed E-state index contributed by atoms with van der Waals surface area (Å²) in [6, 6.07) is 4.68. The molecule has 0 fully saturated rings. The van der Waals surface area contributed by atoms with Gasteiger partial charge in [0.05, 0.1) is 5.56 Å². The Morgan fingerprint density at radius 3 is 2.18 bits per heavy atom. The molecule has 0 aliphatic heterocycles. The number of rotatable bonds is 4. The van der Waals surface area contributed by atoms with Gasteiger partial charge in [0.1, 0.15) is 0 Å². The monoisotopic (exact) mass is 237 g/mol. The summed E-state index contributed by atoms with van der Waals surface area (Å²) >= 11 is 0. The normalized spacial score (nSPS) is 9.18. The Balaban J connectivity index is 0.00000121. The summed E-state index contributed by atoms with van der Waals surface area (Å²) in [6.07, 6.45) is 0.400. The minimum absolute atomic E-state index is 0.137. The minimum atomic E-state index is -1.03. The molecule has 17 heavy (non-hydrogen) atoms. The molecule has 4 nitrogen and oxygen atoms in total. The molecular formula is C13H19NO3. The first kappa shape index (κ1) is 15.3. The number of ketones is 1. The fourth-order valence-electron chi connectivity index (χ4n) is 1.53. The summed E-state index contributed by atoms with van der Waals surface area (Å²) in [5.41, 5.74) is 6.53. The molecule has 94 valence electrons. The summed E-state index contributed by atoms with van der Waals surface area (Å²) < 4.78 is 0. The van der Waals surface area contributed by atoms with Crippen molar-refractivity contribution >= 4 is 11.8 Å². The van der Waals surface area contributed by atoms with E-state index in [1.165, 1.54) is 13.0 Å². The molecule has 1 aromatic rings. The maximum absolute atomic E-state index is 11.3. The summed E-state index contributed by atoms with van der Waals surface area (Å²) in [6.45, 7) is 5.74. The highest BCUT2D eigenvalue weighted by molar-refractivity contribution is 5.99. The van der Waals surface area contributed by atoms with Crippen LogP contribution in [0.3, 0.4) is 0 Å². The van der Waals surface area contributed by atoms with Gasteiger partial charge in [-0.05, 0) is 31.5 Å². The van der Waals surface area contributed by atoms with E-state index in [-0.39, 0.29) is 11.3 Å². The van der Waals surface area contributed by atoms with E-state index < -0.39 is 5.97 Å². The number of aromatic carboxylic acids is 1. The van der Waals surface area contributed by atoms with E-state index >= 15 is 0 Å². The van der Waals surface area contributed by atoms with Crippen LogP contribution in [0.5, 0.6) is 0 Å². The maximum atomic E-state index is 11.3. The topological polar surface area (TPSA) is 80.4 Å². The van der Waals surface area contributed by atoms with Gasteiger partial charge in [0, 0.05) is 5.56 Å². The van der Waals surface area contributed by atoms with Crippen molar-refractivity contribution in [2.75, 3.05) is 6.54 Å². The number of nitrogens with two attached hydrogens (primary N) is 1. The molecule has 0 amide bonds. The molecule has 0 aromatic heterocycles. The lowest BCUT2D eigenvalue weighted by Gasteiger charge is -2.09. The molecule has 1 rings (SSSR count). The van der Waals surface area contributed by atoms with Crippen LogP contribution in [-0.2, 0) is 6.42 Å². The molecule has 0 unspecified atom stereocenters. The number of benzene rings is 1. The van der Waals surface area contributed by atoms with E-state index in [1.54, 1.807) is 12.1 Å². The van der Waals surface area contributed by atoms with Gasteiger partial charge in [-0.25, -0.2) is 4.79 Å². The molecule has 0 aliphatic carbocycles. The first-order valence-electron chi connectivity index (χ1n) is 5.64. The van der Waals surface area contributed by atoms with Crippen LogP contribution in [0.1, 0.15) is 47.1 Å². The van der Waals surface area contributed by atoms with Crippen LogP contribution in [0.2, 0.25) is 0 Å². The van der Waals surface area contributed by atoms with Gasteiger partial charge < -0.3 is 10.8 Å². The fourth-order valence-corrected chi connectivity index (χ4v) is 1.53. The molecule has 0 saturated heterocycles. The quantitative estimate of drug-likeness (QED) is 0.786. The van der Waals surface area contributed by atoms with E-state index in [4.69, 9.17) is 10.8 Å². The van der Waals surface area contributed by atoms with Crippen LogP contribution in [-0.4, -0.2) is 23.4 Å². The van der Waals surface area contributed by atoms with Crippen molar-refractivity contribution in [3.05, 3.63) is 34.9 Å². The van der Waals surface area contributed by atoms with Crippen molar-refractivity contribution in [3.8, 4) is 0 Å². The lowest BCUT2D eigenvalue weighted by atomic mass is 9.96. The molecule has 4 heteroatoms. The molecule has 0 heterocycles. The standard InChI is InChI=1S/C11H13NO3.C2H6/c1-7(13)8-3-2-4-10(11(14)15)9(8)5-6-12;1-2/h2-4H,5-6,12H2,1H3,(H,14,15);1-2H3. The van der Waals surface area contributed by atoms with Crippen molar-refractivity contribution in [1.82, 2.24) is 0 Å². The van der Waals surface area contributed by atoms with Crippen LogP contribution >= 0.6 is 0 Å². The van der Waals surface area contributed by atoms with Crippen LogP contribution < -0.4 is 5.73 Å². The van der Waals surface area contributed by atoms with E-state index in [1.807, 2.05) is 13.8 Å². The van der Waals surface area contributed by atoms with Crippen LogP contribution in [0.15, 0.2) is 18.2 Å². The highest BCUT2D eigenvalue weighted by Gasteiger charge is 2.15. The second kappa shape index (κ2) is 7.57. The number of carboxylic acid groups (broad SMARTS) is 1. The van der Waals surface area contributed by atoms with E-state index in [0.29, 0.717) is 24.1 Å². The highest BCUT2D eigenvalue weighted by Crippen LogP contribution is 2.16. The third-order valence-electron chi connectivity index (χ3n) is 2.18. The zero-order valence-corrected chi connectivity index (χ0v) is 10.5. The average molecular weight is 237 g/mol. The van der Waals surface area contributed by atoms with Crippen LogP contribution in [0.4, 0.5) is 0 Å². The number of carbonyl (C=O) groups excluding carboxylic acids is 1. The van der Waals surface area contributed by atoms with Gasteiger partial charge in [-0.1, -0.05) is 26.0 Å². The first-order chi connectivity index (χ1) is 8.07. The summed E-state index contributed by atoms with van der Waals surface area (Å²) in [4.78, 5) is 22.2. The molecule has 0 radical (unpaired) electrons. The number of carboxylic acids is 1. The second-order valence-corrected chi connectivity index (χ2v) is 3.23. The molecule has 0 bridgehead atoms. The fraction of sp³-hybridized carbons (Fsp3) is 0.385. The Labute approximate surface area is 101 Å². The van der Waals surface area contributed by atoms with Gasteiger partial charge in [-0.15, -0.1) is 0 Å². The largest absolute Gasteiger partial charge is 0.478 e. The molecule has 3 N–H and O–H groups in total. The molecule has 0 aliphatic rings. The predicted octanol–water partition coefficient (Wildman–Crippen LogP) is 2.11.